The predicted octanol–water partition coefficient (Wildman–Crippen LogP) is 8.01. The molecule has 0 aliphatic rings. The minimum atomic E-state index is 0.674. The Bertz CT molecular complexity index is 1390. The van der Waals surface area contributed by atoms with Crippen molar-refractivity contribution in [2.45, 2.75) is 13.8 Å². The Hall–Kier alpha value is -3.69. The highest BCUT2D eigenvalue weighted by atomic mass is 35.5. The van der Waals surface area contributed by atoms with E-state index in [2.05, 4.69) is 72.6 Å². The lowest BCUT2D eigenvalue weighted by Crippen LogP contribution is -1.95. The summed E-state index contributed by atoms with van der Waals surface area (Å²) in [6.45, 7) is 4.14. The van der Waals surface area contributed by atoms with E-state index in [4.69, 9.17) is 16.0 Å². The van der Waals surface area contributed by atoms with Crippen molar-refractivity contribution in [1.82, 2.24) is 10.2 Å². The monoisotopic (exact) mass is 436 g/mol. The molecule has 0 atom stereocenters. The van der Waals surface area contributed by atoms with Gasteiger partial charge < -0.3 is 4.42 Å². The molecule has 0 aliphatic heterocycles. The first-order valence-electron chi connectivity index (χ1n) is 10.4. The van der Waals surface area contributed by atoms with Gasteiger partial charge in [0.15, 0.2) is 0 Å². The predicted molar refractivity (Wildman–Crippen MR) is 131 cm³/mol. The van der Waals surface area contributed by atoms with Crippen LogP contribution in [0.15, 0.2) is 95.4 Å². The van der Waals surface area contributed by atoms with Crippen LogP contribution in [0.25, 0.3) is 45.2 Å². The van der Waals surface area contributed by atoms with Crippen molar-refractivity contribution in [2.24, 2.45) is 0 Å². The number of hydrogen-bond acceptors (Lipinski definition) is 3. The molecular weight excluding hydrogens is 416 g/mol. The van der Waals surface area contributed by atoms with Crippen LogP contribution in [-0.4, -0.2) is 10.2 Å². The van der Waals surface area contributed by atoms with Gasteiger partial charge in [0.1, 0.15) is 17.2 Å². The van der Waals surface area contributed by atoms with E-state index in [9.17, 15) is 0 Å². The molecule has 2 heterocycles. The van der Waals surface area contributed by atoms with Crippen LogP contribution in [0, 0.1) is 13.8 Å². The third kappa shape index (κ3) is 4.08. The Labute approximate surface area is 192 Å². The van der Waals surface area contributed by atoms with E-state index in [1.165, 1.54) is 11.1 Å². The van der Waals surface area contributed by atoms with Crippen molar-refractivity contribution in [3.8, 4) is 45.2 Å². The first kappa shape index (κ1) is 20.2. The molecule has 0 spiro atoms. The summed E-state index contributed by atoms with van der Waals surface area (Å²) in [5.41, 5.74) is 7.82. The number of aromatic nitrogens is 2. The second-order valence-corrected chi connectivity index (χ2v) is 8.33. The SMILES string of the molecule is Cc1ccc(-c2cc(-c3ccc(-c4cccc(Cl)c4)o3)c(-c3ccc(C)cc3)nn2)cc1. The molecule has 32 heavy (non-hydrogen) atoms. The van der Waals surface area contributed by atoms with Crippen LogP contribution in [0.4, 0.5) is 0 Å². The number of benzene rings is 3. The lowest BCUT2D eigenvalue weighted by molar-refractivity contribution is 0.597. The van der Waals surface area contributed by atoms with Crippen molar-refractivity contribution >= 4 is 11.6 Å². The molecule has 0 bridgehead atoms. The van der Waals surface area contributed by atoms with E-state index in [1.807, 2.05) is 42.5 Å². The van der Waals surface area contributed by atoms with E-state index < -0.39 is 0 Å². The summed E-state index contributed by atoms with van der Waals surface area (Å²) in [6, 6.07) is 30.2. The van der Waals surface area contributed by atoms with Crippen LogP contribution in [-0.2, 0) is 0 Å². The Kier molecular flexibility index (Phi) is 5.34. The molecule has 0 N–H and O–H groups in total. The number of aryl methyl sites for hydroxylation is 2. The highest BCUT2D eigenvalue weighted by Crippen LogP contribution is 2.36. The summed E-state index contributed by atoms with van der Waals surface area (Å²) < 4.78 is 6.28. The Morgan fingerprint density at radius 1 is 0.625 bits per heavy atom. The molecular formula is C28H21ClN2O. The van der Waals surface area contributed by atoms with Gasteiger partial charge in [-0.15, -0.1) is 10.2 Å². The molecule has 0 saturated carbocycles. The van der Waals surface area contributed by atoms with E-state index >= 15 is 0 Å². The van der Waals surface area contributed by atoms with Gasteiger partial charge in [0.25, 0.3) is 0 Å². The van der Waals surface area contributed by atoms with Crippen molar-refractivity contribution in [3.05, 3.63) is 107 Å². The zero-order chi connectivity index (χ0) is 22.1. The van der Waals surface area contributed by atoms with Gasteiger partial charge in [0, 0.05) is 27.3 Å². The van der Waals surface area contributed by atoms with Crippen LogP contribution in [0.5, 0.6) is 0 Å². The second kappa shape index (κ2) is 8.45. The van der Waals surface area contributed by atoms with Crippen molar-refractivity contribution in [3.63, 3.8) is 0 Å². The zero-order valence-corrected chi connectivity index (χ0v) is 18.6. The molecule has 156 valence electrons. The maximum atomic E-state index is 6.28. The molecule has 3 aromatic carbocycles. The number of nitrogens with zero attached hydrogens (tertiary/aromatic N) is 2. The summed E-state index contributed by atoms with van der Waals surface area (Å²) >= 11 is 6.18. The minimum Gasteiger partial charge on any atom is -0.456 e. The standard InChI is InChI=1S/C28H21ClN2O/c1-18-6-10-20(11-7-18)25-17-24(28(31-30-25)21-12-8-19(2)9-13-21)27-15-14-26(32-27)22-4-3-5-23(29)16-22/h3-17H,1-2H3. The molecule has 5 aromatic rings. The molecule has 5 rings (SSSR count). The van der Waals surface area contributed by atoms with Gasteiger partial charge in [0.05, 0.1) is 5.69 Å². The Balaban J connectivity index is 1.65. The van der Waals surface area contributed by atoms with E-state index in [0.717, 1.165) is 45.2 Å². The van der Waals surface area contributed by atoms with E-state index in [-0.39, 0.29) is 0 Å². The summed E-state index contributed by atoms with van der Waals surface area (Å²) in [5.74, 6) is 1.49. The minimum absolute atomic E-state index is 0.674. The lowest BCUT2D eigenvalue weighted by atomic mass is 10.0. The highest BCUT2D eigenvalue weighted by Gasteiger charge is 2.16. The van der Waals surface area contributed by atoms with Crippen LogP contribution < -0.4 is 0 Å². The zero-order valence-electron chi connectivity index (χ0n) is 17.8. The van der Waals surface area contributed by atoms with Crippen molar-refractivity contribution in [1.29, 1.82) is 0 Å². The average molecular weight is 437 g/mol. The van der Waals surface area contributed by atoms with E-state index in [1.54, 1.807) is 0 Å². The van der Waals surface area contributed by atoms with Crippen molar-refractivity contribution in [2.75, 3.05) is 0 Å². The molecule has 0 amide bonds. The topological polar surface area (TPSA) is 38.9 Å². The fraction of sp³-hybridized carbons (Fsp3) is 0.0714. The third-order valence-electron chi connectivity index (χ3n) is 5.45. The van der Waals surface area contributed by atoms with Gasteiger partial charge in [-0.3, -0.25) is 0 Å². The smallest absolute Gasteiger partial charge is 0.137 e. The number of rotatable bonds is 4. The van der Waals surface area contributed by atoms with Gasteiger partial charge >= 0.3 is 0 Å². The molecule has 0 radical (unpaired) electrons. The van der Waals surface area contributed by atoms with Gasteiger partial charge in [-0.1, -0.05) is 83.4 Å². The molecule has 0 saturated heterocycles. The third-order valence-corrected chi connectivity index (χ3v) is 5.68. The number of furan rings is 1. The summed E-state index contributed by atoms with van der Waals surface area (Å²) in [6.07, 6.45) is 0. The second-order valence-electron chi connectivity index (χ2n) is 7.90. The number of halogens is 1. The first-order chi connectivity index (χ1) is 15.6. The summed E-state index contributed by atoms with van der Waals surface area (Å²) in [5, 5.41) is 9.82. The Morgan fingerprint density at radius 3 is 1.97 bits per heavy atom. The van der Waals surface area contributed by atoms with Crippen LogP contribution in [0.2, 0.25) is 5.02 Å². The quantitative estimate of drug-likeness (QED) is 0.286. The lowest BCUT2D eigenvalue weighted by Gasteiger charge is -2.10. The highest BCUT2D eigenvalue weighted by molar-refractivity contribution is 6.30. The summed E-state index contributed by atoms with van der Waals surface area (Å²) in [7, 11) is 0. The van der Waals surface area contributed by atoms with Crippen LogP contribution >= 0.6 is 11.6 Å². The van der Waals surface area contributed by atoms with Crippen molar-refractivity contribution < 1.29 is 4.42 Å². The summed E-state index contributed by atoms with van der Waals surface area (Å²) in [4.78, 5) is 0. The number of hydrogen-bond donors (Lipinski definition) is 0. The van der Waals surface area contributed by atoms with Gasteiger partial charge in [-0.2, -0.15) is 0 Å². The molecule has 0 aliphatic carbocycles. The average Bonchev–Trinajstić information content (AvgIpc) is 3.30. The van der Waals surface area contributed by atoms with Crippen LogP contribution in [0.3, 0.4) is 0 Å². The van der Waals surface area contributed by atoms with E-state index in [0.29, 0.717) is 5.02 Å². The van der Waals surface area contributed by atoms with Crippen LogP contribution in [0.1, 0.15) is 11.1 Å². The first-order valence-corrected chi connectivity index (χ1v) is 10.8. The van der Waals surface area contributed by atoms with Gasteiger partial charge in [-0.05, 0) is 44.2 Å². The molecule has 2 aromatic heterocycles. The normalized spacial score (nSPS) is 11.0. The molecule has 0 unspecified atom stereocenters. The Morgan fingerprint density at radius 2 is 1.28 bits per heavy atom. The maximum absolute atomic E-state index is 6.28. The van der Waals surface area contributed by atoms with Gasteiger partial charge in [0.2, 0.25) is 0 Å². The fourth-order valence-corrected chi connectivity index (χ4v) is 3.84. The maximum Gasteiger partial charge on any atom is 0.137 e. The molecule has 0 fully saturated rings. The molecule has 3 nitrogen and oxygen atoms in total. The molecule has 4 heteroatoms. The fourth-order valence-electron chi connectivity index (χ4n) is 3.65. The largest absolute Gasteiger partial charge is 0.456 e. The van der Waals surface area contributed by atoms with Gasteiger partial charge in [-0.25, -0.2) is 0 Å².